The maximum Gasteiger partial charge on any atom is 0.360 e. The second kappa shape index (κ2) is 7.70. The smallest absolute Gasteiger partial charge is 0.360 e. The van der Waals surface area contributed by atoms with Gasteiger partial charge in [-0.3, -0.25) is 0 Å². The van der Waals surface area contributed by atoms with Crippen molar-refractivity contribution in [3.63, 3.8) is 0 Å². The maximum atomic E-state index is 11.3. The normalized spacial score (nSPS) is 10.2. The predicted octanol–water partition coefficient (Wildman–Crippen LogP) is 2.84. The van der Waals surface area contributed by atoms with Crippen molar-refractivity contribution in [1.82, 2.24) is 4.98 Å². The van der Waals surface area contributed by atoms with E-state index in [4.69, 9.17) is 9.15 Å². The minimum Gasteiger partial charge on any atom is -0.461 e. The topological polar surface area (TPSA) is 64.4 Å². The molecule has 96 valence electrons. The highest BCUT2D eigenvalue weighted by molar-refractivity contribution is 5.87. The van der Waals surface area contributed by atoms with Crippen molar-refractivity contribution in [3.8, 4) is 0 Å². The summed E-state index contributed by atoms with van der Waals surface area (Å²) in [6.45, 7) is 5.08. The summed E-state index contributed by atoms with van der Waals surface area (Å²) in [5, 5.41) is 3.04. The van der Waals surface area contributed by atoms with Gasteiger partial charge in [0.05, 0.1) is 6.61 Å². The van der Waals surface area contributed by atoms with Crippen molar-refractivity contribution >= 4 is 12.0 Å². The van der Waals surface area contributed by atoms with Crippen LogP contribution >= 0.6 is 0 Å². The first-order valence-electron chi connectivity index (χ1n) is 6.14. The van der Waals surface area contributed by atoms with Gasteiger partial charge in [0.25, 0.3) is 6.01 Å². The van der Waals surface area contributed by atoms with E-state index in [2.05, 4.69) is 17.2 Å². The highest BCUT2D eigenvalue weighted by Gasteiger charge is 2.12. The molecule has 0 saturated carbocycles. The van der Waals surface area contributed by atoms with Crippen LogP contribution in [-0.4, -0.2) is 24.1 Å². The Morgan fingerprint density at radius 2 is 2.24 bits per heavy atom. The zero-order valence-electron chi connectivity index (χ0n) is 10.5. The molecule has 1 aromatic rings. The molecular weight excluding hydrogens is 220 g/mol. The number of carbonyl (C=O) groups is 1. The monoisotopic (exact) mass is 240 g/mol. The molecule has 0 spiro atoms. The summed E-state index contributed by atoms with van der Waals surface area (Å²) < 4.78 is 9.93. The van der Waals surface area contributed by atoms with Crippen molar-refractivity contribution in [2.24, 2.45) is 0 Å². The number of unbranched alkanes of at least 4 members (excludes halogenated alkanes) is 3. The van der Waals surface area contributed by atoms with Gasteiger partial charge in [0.2, 0.25) is 0 Å². The third kappa shape index (κ3) is 4.89. The Labute approximate surface area is 102 Å². The zero-order valence-corrected chi connectivity index (χ0v) is 10.5. The quantitative estimate of drug-likeness (QED) is 0.559. The van der Waals surface area contributed by atoms with Crippen molar-refractivity contribution in [2.75, 3.05) is 18.5 Å². The highest BCUT2D eigenvalue weighted by Crippen LogP contribution is 2.09. The number of hydrogen-bond donors (Lipinski definition) is 1. The van der Waals surface area contributed by atoms with E-state index >= 15 is 0 Å². The molecule has 5 heteroatoms. The van der Waals surface area contributed by atoms with Crippen LogP contribution in [0.2, 0.25) is 0 Å². The van der Waals surface area contributed by atoms with Crippen LogP contribution in [0.15, 0.2) is 10.7 Å². The van der Waals surface area contributed by atoms with Gasteiger partial charge in [0.1, 0.15) is 6.26 Å². The van der Waals surface area contributed by atoms with Crippen LogP contribution < -0.4 is 5.32 Å². The molecule has 1 N–H and O–H groups in total. The second-order valence-corrected chi connectivity index (χ2v) is 3.75. The number of rotatable bonds is 8. The van der Waals surface area contributed by atoms with Gasteiger partial charge in [-0.15, -0.1) is 0 Å². The van der Waals surface area contributed by atoms with Gasteiger partial charge in [0.15, 0.2) is 5.69 Å². The molecule has 0 bridgehead atoms. The fourth-order valence-corrected chi connectivity index (χ4v) is 1.40. The van der Waals surface area contributed by atoms with Gasteiger partial charge in [-0.1, -0.05) is 26.2 Å². The molecular formula is C12H20N2O3. The van der Waals surface area contributed by atoms with Gasteiger partial charge < -0.3 is 14.5 Å². The van der Waals surface area contributed by atoms with Gasteiger partial charge in [-0.2, -0.15) is 4.98 Å². The number of aromatic nitrogens is 1. The van der Waals surface area contributed by atoms with E-state index in [1.165, 1.54) is 25.5 Å². The number of esters is 1. The summed E-state index contributed by atoms with van der Waals surface area (Å²) in [6, 6.07) is 0.379. The van der Waals surface area contributed by atoms with Gasteiger partial charge >= 0.3 is 5.97 Å². The first-order chi connectivity index (χ1) is 8.27. The lowest BCUT2D eigenvalue weighted by molar-refractivity contribution is 0.0519. The molecule has 1 heterocycles. The van der Waals surface area contributed by atoms with Gasteiger partial charge in [-0.05, 0) is 13.3 Å². The van der Waals surface area contributed by atoms with E-state index in [-0.39, 0.29) is 5.69 Å². The summed E-state index contributed by atoms with van der Waals surface area (Å²) in [5.74, 6) is -0.449. The van der Waals surface area contributed by atoms with Crippen LogP contribution in [0.3, 0.4) is 0 Å². The minimum absolute atomic E-state index is 0.211. The van der Waals surface area contributed by atoms with Crippen LogP contribution in [0.1, 0.15) is 50.0 Å². The Kier molecular flexibility index (Phi) is 6.14. The van der Waals surface area contributed by atoms with Crippen molar-refractivity contribution in [1.29, 1.82) is 0 Å². The molecule has 0 amide bonds. The van der Waals surface area contributed by atoms with Crippen LogP contribution in [-0.2, 0) is 4.74 Å². The van der Waals surface area contributed by atoms with Gasteiger partial charge in [0, 0.05) is 6.54 Å². The summed E-state index contributed by atoms with van der Waals surface area (Å²) in [5.41, 5.74) is 0.211. The molecule has 5 nitrogen and oxygen atoms in total. The lowest BCUT2D eigenvalue weighted by atomic mass is 10.2. The second-order valence-electron chi connectivity index (χ2n) is 3.75. The van der Waals surface area contributed by atoms with Crippen molar-refractivity contribution in [2.45, 2.75) is 39.5 Å². The zero-order chi connectivity index (χ0) is 12.5. The molecule has 0 aliphatic carbocycles. The SMILES string of the molecule is CCCCCCNc1nc(C(=O)OCC)co1. The summed E-state index contributed by atoms with van der Waals surface area (Å²) >= 11 is 0. The fraction of sp³-hybridized carbons (Fsp3) is 0.667. The third-order valence-electron chi connectivity index (χ3n) is 2.30. The van der Waals surface area contributed by atoms with E-state index in [0.29, 0.717) is 12.6 Å². The van der Waals surface area contributed by atoms with Crippen LogP contribution in [0, 0.1) is 0 Å². The number of oxazole rings is 1. The minimum atomic E-state index is -0.449. The Hall–Kier alpha value is -1.52. The molecule has 17 heavy (non-hydrogen) atoms. The highest BCUT2D eigenvalue weighted by atomic mass is 16.5. The van der Waals surface area contributed by atoms with E-state index in [0.717, 1.165) is 13.0 Å². The Balaban J connectivity index is 2.28. The standard InChI is InChI=1S/C12H20N2O3/c1-3-5-6-7-8-13-12-14-10(9-17-12)11(15)16-4-2/h9H,3-8H2,1-2H3,(H,13,14). The largest absolute Gasteiger partial charge is 0.461 e. The first-order valence-corrected chi connectivity index (χ1v) is 6.14. The van der Waals surface area contributed by atoms with Crippen molar-refractivity contribution in [3.05, 3.63) is 12.0 Å². The van der Waals surface area contributed by atoms with E-state index in [1.54, 1.807) is 6.92 Å². The lowest BCUT2D eigenvalue weighted by Gasteiger charge is -2.00. The van der Waals surface area contributed by atoms with E-state index < -0.39 is 5.97 Å². The molecule has 0 aliphatic rings. The Morgan fingerprint density at radius 3 is 2.94 bits per heavy atom. The number of anilines is 1. The Morgan fingerprint density at radius 1 is 1.41 bits per heavy atom. The average Bonchev–Trinajstić information content (AvgIpc) is 2.78. The molecule has 0 aliphatic heterocycles. The first kappa shape index (κ1) is 13.5. The summed E-state index contributed by atoms with van der Waals surface area (Å²) in [6.07, 6.45) is 6.03. The van der Waals surface area contributed by atoms with Crippen LogP contribution in [0.25, 0.3) is 0 Å². The fourth-order valence-electron chi connectivity index (χ4n) is 1.40. The maximum absolute atomic E-state index is 11.3. The molecule has 1 aromatic heterocycles. The molecule has 0 unspecified atom stereocenters. The Bertz CT molecular complexity index is 336. The number of nitrogens with zero attached hydrogens (tertiary/aromatic N) is 1. The van der Waals surface area contributed by atoms with Crippen LogP contribution in [0.4, 0.5) is 6.01 Å². The number of nitrogens with one attached hydrogen (secondary N) is 1. The van der Waals surface area contributed by atoms with Gasteiger partial charge in [-0.25, -0.2) is 4.79 Å². The average molecular weight is 240 g/mol. The summed E-state index contributed by atoms with van der Waals surface area (Å²) in [4.78, 5) is 15.3. The predicted molar refractivity (Wildman–Crippen MR) is 65.1 cm³/mol. The van der Waals surface area contributed by atoms with Crippen molar-refractivity contribution < 1.29 is 13.9 Å². The van der Waals surface area contributed by atoms with E-state index in [9.17, 15) is 4.79 Å². The summed E-state index contributed by atoms with van der Waals surface area (Å²) in [7, 11) is 0. The molecule has 1 rings (SSSR count). The molecule has 0 aromatic carbocycles. The van der Waals surface area contributed by atoms with E-state index in [1.807, 2.05) is 0 Å². The molecule has 0 saturated heterocycles. The molecule has 0 atom stereocenters. The number of carbonyl (C=O) groups excluding carboxylic acids is 1. The third-order valence-corrected chi connectivity index (χ3v) is 2.30. The van der Waals surface area contributed by atoms with Crippen LogP contribution in [0.5, 0.6) is 0 Å². The number of ether oxygens (including phenoxy) is 1. The molecule has 0 radical (unpaired) electrons. The number of hydrogen-bond acceptors (Lipinski definition) is 5. The molecule has 0 fully saturated rings. The lowest BCUT2D eigenvalue weighted by Crippen LogP contribution is -2.06.